The van der Waals surface area contributed by atoms with Crippen LogP contribution < -0.4 is 14.4 Å². The molecule has 3 aromatic carbocycles. The number of halogens is 2. The van der Waals surface area contributed by atoms with E-state index in [-0.39, 0.29) is 12.3 Å². The standard InChI is InChI=1S/C25H21Br2NO5/c1-32-22-10-7-15(11-23(22)33-2)21(29)13-25(31)18-12-17(26)8-9-20(18)28(24(25)30)14-16-5-3-4-6-19(16)27/h3-12,31H,13-14H2,1-2H3. The lowest BCUT2D eigenvalue weighted by atomic mass is 9.88. The Labute approximate surface area is 208 Å². The van der Waals surface area contributed by atoms with Crippen LogP contribution in [0.4, 0.5) is 5.69 Å². The number of methoxy groups -OCH3 is 2. The van der Waals surface area contributed by atoms with Crippen LogP contribution in [0.3, 0.4) is 0 Å². The SMILES string of the molecule is COc1ccc(C(=O)CC2(O)C(=O)N(Cc3ccccc3Br)c3ccc(Br)cc32)cc1OC. The first-order valence-corrected chi connectivity index (χ1v) is 11.7. The van der Waals surface area contributed by atoms with Gasteiger partial charge in [0.05, 0.1) is 32.9 Å². The van der Waals surface area contributed by atoms with Gasteiger partial charge in [0.1, 0.15) is 0 Å². The average Bonchev–Trinajstić information content (AvgIpc) is 3.01. The Hall–Kier alpha value is -2.68. The molecule has 0 bridgehead atoms. The summed E-state index contributed by atoms with van der Waals surface area (Å²) < 4.78 is 12.1. The van der Waals surface area contributed by atoms with E-state index in [1.807, 2.05) is 24.3 Å². The highest BCUT2D eigenvalue weighted by Crippen LogP contribution is 2.45. The molecule has 1 atom stereocenters. The minimum absolute atomic E-state index is 0.252. The van der Waals surface area contributed by atoms with Crippen molar-refractivity contribution in [1.29, 1.82) is 0 Å². The quantitative estimate of drug-likeness (QED) is 0.391. The molecule has 1 heterocycles. The van der Waals surface area contributed by atoms with Crippen molar-refractivity contribution in [2.24, 2.45) is 0 Å². The summed E-state index contributed by atoms with van der Waals surface area (Å²) in [5.74, 6) is -0.0500. The number of hydrogen-bond donors (Lipinski definition) is 1. The van der Waals surface area contributed by atoms with Gasteiger partial charge in [-0.3, -0.25) is 9.59 Å². The Morgan fingerprint density at radius 2 is 1.73 bits per heavy atom. The van der Waals surface area contributed by atoms with Gasteiger partial charge in [-0.2, -0.15) is 0 Å². The number of ether oxygens (including phenoxy) is 2. The highest BCUT2D eigenvalue weighted by Gasteiger charge is 2.51. The zero-order chi connectivity index (χ0) is 23.8. The van der Waals surface area contributed by atoms with E-state index in [2.05, 4.69) is 31.9 Å². The number of nitrogens with zero attached hydrogens (tertiary/aromatic N) is 1. The molecule has 6 nitrogen and oxygen atoms in total. The highest BCUT2D eigenvalue weighted by atomic mass is 79.9. The number of Topliss-reactive ketones (excluding diaryl/α,β-unsaturated/α-hetero) is 1. The van der Waals surface area contributed by atoms with E-state index >= 15 is 0 Å². The van der Waals surface area contributed by atoms with Crippen LogP contribution in [0.5, 0.6) is 11.5 Å². The van der Waals surface area contributed by atoms with Gasteiger partial charge >= 0.3 is 0 Å². The van der Waals surface area contributed by atoms with Gasteiger partial charge in [0.2, 0.25) is 0 Å². The molecule has 33 heavy (non-hydrogen) atoms. The number of amides is 1. The molecule has 0 saturated heterocycles. The summed E-state index contributed by atoms with van der Waals surface area (Å²) in [6, 6.07) is 17.6. The van der Waals surface area contributed by atoms with Crippen molar-refractivity contribution in [1.82, 2.24) is 0 Å². The van der Waals surface area contributed by atoms with Gasteiger partial charge in [0, 0.05) is 20.1 Å². The fourth-order valence-corrected chi connectivity index (χ4v) is 4.76. The van der Waals surface area contributed by atoms with Crippen LogP contribution in [0, 0.1) is 0 Å². The summed E-state index contributed by atoms with van der Waals surface area (Å²) in [6.45, 7) is 0.252. The molecule has 1 unspecified atom stereocenters. The molecule has 8 heteroatoms. The number of benzene rings is 3. The molecule has 1 aliphatic heterocycles. The number of carbonyl (C=O) groups is 2. The first kappa shape index (κ1) is 23.5. The summed E-state index contributed by atoms with van der Waals surface area (Å²) in [6.07, 6.45) is -0.406. The van der Waals surface area contributed by atoms with Gasteiger partial charge in [-0.15, -0.1) is 0 Å². The first-order valence-electron chi connectivity index (χ1n) is 10.1. The fourth-order valence-electron chi connectivity index (χ4n) is 3.99. The van der Waals surface area contributed by atoms with Gasteiger partial charge < -0.3 is 19.5 Å². The third-order valence-corrected chi connectivity index (χ3v) is 6.97. The largest absolute Gasteiger partial charge is 0.493 e. The van der Waals surface area contributed by atoms with E-state index < -0.39 is 17.9 Å². The molecule has 0 fully saturated rings. The molecular formula is C25H21Br2NO5. The van der Waals surface area contributed by atoms with Gasteiger partial charge in [-0.25, -0.2) is 0 Å². The molecule has 0 aliphatic carbocycles. The molecule has 4 rings (SSSR count). The normalized spacial score (nSPS) is 17.1. The Bertz CT molecular complexity index is 1250. The number of hydrogen-bond acceptors (Lipinski definition) is 5. The van der Waals surface area contributed by atoms with Gasteiger partial charge in [0.15, 0.2) is 22.9 Å². The van der Waals surface area contributed by atoms with Crippen molar-refractivity contribution in [3.63, 3.8) is 0 Å². The van der Waals surface area contributed by atoms with Crippen LogP contribution in [0.2, 0.25) is 0 Å². The molecule has 0 aromatic heterocycles. The van der Waals surface area contributed by atoms with Crippen molar-refractivity contribution in [3.8, 4) is 11.5 Å². The molecule has 1 aliphatic rings. The lowest BCUT2D eigenvalue weighted by Crippen LogP contribution is -2.41. The van der Waals surface area contributed by atoms with Crippen molar-refractivity contribution in [3.05, 3.63) is 86.3 Å². The van der Waals surface area contributed by atoms with E-state index in [0.717, 1.165) is 10.0 Å². The minimum Gasteiger partial charge on any atom is -0.493 e. The molecular weight excluding hydrogens is 554 g/mol. The maximum atomic E-state index is 13.5. The van der Waals surface area contributed by atoms with E-state index in [9.17, 15) is 14.7 Å². The van der Waals surface area contributed by atoms with E-state index in [1.165, 1.54) is 19.1 Å². The summed E-state index contributed by atoms with van der Waals surface area (Å²) in [7, 11) is 2.99. The van der Waals surface area contributed by atoms with Crippen LogP contribution in [-0.2, 0) is 16.9 Å². The molecule has 170 valence electrons. The number of carbonyl (C=O) groups excluding carboxylic acids is 2. The van der Waals surface area contributed by atoms with E-state index in [4.69, 9.17) is 9.47 Å². The zero-order valence-electron chi connectivity index (χ0n) is 18.0. The molecule has 1 N–H and O–H groups in total. The second-order valence-electron chi connectivity index (χ2n) is 7.67. The summed E-state index contributed by atoms with van der Waals surface area (Å²) in [5.41, 5.74) is 0.166. The van der Waals surface area contributed by atoms with E-state index in [1.54, 1.807) is 36.4 Å². The second-order valence-corrected chi connectivity index (χ2v) is 9.44. The molecule has 1 amide bonds. The Balaban J connectivity index is 1.70. The molecule has 3 aromatic rings. The highest BCUT2D eigenvalue weighted by molar-refractivity contribution is 9.10. The van der Waals surface area contributed by atoms with Gasteiger partial charge in [-0.1, -0.05) is 50.1 Å². The third kappa shape index (κ3) is 4.30. The Morgan fingerprint density at radius 1 is 1.00 bits per heavy atom. The number of aliphatic hydroxyl groups is 1. The average molecular weight is 575 g/mol. The van der Waals surface area contributed by atoms with Crippen LogP contribution in [0.25, 0.3) is 0 Å². The maximum absolute atomic E-state index is 13.5. The first-order chi connectivity index (χ1) is 15.8. The van der Waals surface area contributed by atoms with Crippen molar-refractivity contribution >= 4 is 49.2 Å². The number of rotatable bonds is 7. The van der Waals surface area contributed by atoms with Crippen molar-refractivity contribution < 1.29 is 24.2 Å². The van der Waals surface area contributed by atoms with Gasteiger partial charge in [0.25, 0.3) is 5.91 Å². The Morgan fingerprint density at radius 3 is 2.42 bits per heavy atom. The summed E-state index contributed by atoms with van der Waals surface area (Å²) in [5, 5.41) is 11.6. The van der Waals surface area contributed by atoms with Crippen LogP contribution in [0.15, 0.2) is 69.6 Å². The molecule has 0 radical (unpaired) electrons. The minimum atomic E-state index is -2.00. The number of fused-ring (bicyclic) bond motifs is 1. The predicted octanol–water partition coefficient (Wildman–Crippen LogP) is 5.24. The second kappa shape index (κ2) is 9.29. The molecule has 0 spiro atoms. The summed E-state index contributed by atoms with van der Waals surface area (Å²) in [4.78, 5) is 28.3. The number of ketones is 1. The van der Waals surface area contributed by atoms with Crippen molar-refractivity contribution in [2.75, 3.05) is 19.1 Å². The smallest absolute Gasteiger partial charge is 0.264 e. The van der Waals surface area contributed by atoms with E-state index in [0.29, 0.717) is 32.8 Å². The third-order valence-electron chi connectivity index (χ3n) is 5.70. The predicted molar refractivity (Wildman–Crippen MR) is 132 cm³/mol. The zero-order valence-corrected chi connectivity index (χ0v) is 21.1. The van der Waals surface area contributed by atoms with Crippen LogP contribution in [0.1, 0.15) is 27.9 Å². The lowest BCUT2D eigenvalue weighted by molar-refractivity contribution is -0.136. The summed E-state index contributed by atoms with van der Waals surface area (Å²) >= 11 is 6.93. The van der Waals surface area contributed by atoms with Crippen LogP contribution >= 0.6 is 31.9 Å². The maximum Gasteiger partial charge on any atom is 0.264 e. The topological polar surface area (TPSA) is 76.1 Å². The van der Waals surface area contributed by atoms with Gasteiger partial charge in [-0.05, 0) is 48.0 Å². The van der Waals surface area contributed by atoms with Crippen LogP contribution in [-0.4, -0.2) is 31.0 Å². The van der Waals surface area contributed by atoms with Crippen molar-refractivity contribution in [2.45, 2.75) is 18.6 Å². The lowest BCUT2D eigenvalue weighted by Gasteiger charge is -2.23. The fraction of sp³-hybridized carbons (Fsp3) is 0.200. The Kier molecular flexibility index (Phi) is 6.61. The molecule has 0 saturated carbocycles. The monoisotopic (exact) mass is 573 g/mol. The number of anilines is 1.